The van der Waals surface area contributed by atoms with Gasteiger partial charge in [0.05, 0.1) is 15.6 Å². The third-order valence-electron chi connectivity index (χ3n) is 11.3. The lowest BCUT2D eigenvalue weighted by Gasteiger charge is -2.19. The van der Waals surface area contributed by atoms with Gasteiger partial charge in [-0.05, 0) is 109 Å². The van der Waals surface area contributed by atoms with Crippen LogP contribution in [0.3, 0.4) is 0 Å². The van der Waals surface area contributed by atoms with E-state index >= 15 is 0 Å². The number of ether oxygens (including phenoxy) is 4. The fourth-order valence-corrected chi connectivity index (χ4v) is 7.82. The quantitative estimate of drug-likeness (QED) is 0.0400. The zero-order valence-corrected chi connectivity index (χ0v) is 40.3. The summed E-state index contributed by atoms with van der Waals surface area (Å²) in [5.74, 6) is 3.52. The van der Waals surface area contributed by atoms with Crippen molar-refractivity contribution in [1.29, 1.82) is 10.7 Å². The minimum absolute atomic E-state index is 0.235. The fraction of sp³-hybridized carbons (Fsp3) is 0.333. The van der Waals surface area contributed by atoms with Crippen LogP contribution in [0.15, 0.2) is 97.6 Å². The van der Waals surface area contributed by atoms with Crippen molar-refractivity contribution in [3.8, 4) is 40.2 Å². The van der Waals surface area contributed by atoms with Gasteiger partial charge in [0, 0.05) is 84.0 Å². The summed E-state index contributed by atoms with van der Waals surface area (Å²) in [7, 11) is 0. The number of hydrogen-bond acceptors (Lipinski definition) is 10. The van der Waals surface area contributed by atoms with E-state index in [0.29, 0.717) is 75.7 Å². The molecule has 12 heteroatoms. The molecule has 6 rings (SSSR count). The number of nitrogens with one attached hydrogen (secondary N) is 3. The lowest BCUT2D eigenvalue weighted by atomic mass is 9.92. The number of nitriles is 1. The van der Waals surface area contributed by atoms with Crippen molar-refractivity contribution in [3.05, 3.63) is 163 Å². The molecule has 2 aromatic heterocycles. The molecule has 0 unspecified atom stereocenters. The molecular weight excluding hydrogens is 868 g/mol. The number of benzene rings is 4. The molecule has 0 bridgehead atoms. The second-order valence-electron chi connectivity index (χ2n) is 17.3. The van der Waals surface area contributed by atoms with Crippen LogP contribution >= 0.6 is 23.2 Å². The molecule has 0 spiro atoms. The second kappa shape index (κ2) is 24.5. The summed E-state index contributed by atoms with van der Waals surface area (Å²) in [5, 5.41) is 25.0. The first-order valence-electron chi connectivity index (χ1n) is 22.5. The minimum atomic E-state index is 0.235. The molecule has 344 valence electrons. The van der Waals surface area contributed by atoms with Gasteiger partial charge in [0.2, 0.25) is 0 Å². The molecule has 4 aromatic carbocycles. The topological polar surface area (TPSA) is 134 Å². The van der Waals surface area contributed by atoms with Gasteiger partial charge in [-0.15, -0.1) is 0 Å². The monoisotopic (exact) mass is 926 g/mol. The van der Waals surface area contributed by atoms with E-state index in [0.717, 1.165) is 81.6 Å². The Morgan fingerprint density at radius 2 is 1.08 bits per heavy atom. The van der Waals surface area contributed by atoms with Gasteiger partial charge < -0.3 is 35.0 Å². The molecule has 0 radical (unpaired) electrons. The fourth-order valence-electron chi connectivity index (χ4n) is 7.34. The largest absolute Gasteiger partial charge is 0.488 e. The van der Waals surface area contributed by atoms with Crippen molar-refractivity contribution in [2.75, 3.05) is 13.1 Å². The van der Waals surface area contributed by atoms with E-state index in [2.05, 4.69) is 98.5 Å². The third kappa shape index (κ3) is 14.0. The Balaban J connectivity index is 1.18. The molecule has 0 atom stereocenters. The van der Waals surface area contributed by atoms with Crippen LogP contribution in [0.4, 0.5) is 0 Å². The van der Waals surface area contributed by atoms with Gasteiger partial charge in [-0.25, -0.2) is 0 Å². The summed E-state index contributed by atoms with van der Waals surface area (Å²) >= 11 is 13.8. The molecule has 0 fully saturated rings. The van der Waals surface area contributed by atoms with Gasteiger partial charge in [0.1, 0.15) is 55.5 Å². The summed E-state index contributed by atoms with van der Waals surface area (Å²) in [6.07, 6.45) is 10.0. The lowest BCUT2D eigenvalue weighted by molar-refractivity contribution is 0.286. The SMILES string of the molecule is Cc1c(COc2cc(OCc3cncc(C#N)c3)c(CNCCC(C)C)cc2Cl)cccc1-c1cccc(COc2cc(OCc3cncc(C=N)c3)c(CNCCC(C)C)cc2Cl)c1C. The molecule has 0 saturated heterocycles. The van der Waals surface area contributed by atoms with Crippen molar-refractivity contribution >= 4 is 29.4 Å². The van der Waals surface area contributed by atoms with E-state index in [9.17, 15) is 5.26 Å². The molecule has 0 aliphatic heterocycles. The van der Waals surface area contributed by atoms with Crippen LogP contribution in [0.1, 0.15) is 96.2 Å². The second-order valence-corrected chi connectivity index (χ2v) is 18.1. The van der Waals surface area contributed by atoms with Gasteiger partial charge in [-0.1, -0.05) is 87.3 Å². The highest BCUT2D eigenvalue weighted by atomic mass is 35.5. The van der Waals surface area contributed by atoms with Crippen molar-refractivity contribution in [3.63, 3.8) is 0 Å². The predicted octanol–water partition coefficient (Wildman–Crippen LogP) is 12.5. The zero-order chi connectivity index (χ0) is 47.0. The smallest absolute Gasteiger partial charge is 0.142 e. The lowest BCUT2D eigenvalue weighted by Crippen LogP contribution is -2.17. The number of aromatic nitrogens is 2. The molecular formula is C54H60Cl2N6O4. The third-order valence-corrected chi connectivity index (χ3v) is 11.9. The first-order valence-corrected chi connectivity index (χ1v) is 23.2. The van der Waals surface area contributed by atoms with Crippen LogP contribution in [0, 0.1) is 42.4 Å². The Labute approximate surface area is 400 Å². The predicted molar refractivity (Wildman–Crippen MR) is 265 cm³/mol. The van der Waals surface area contributed by atoms with Gasteiger partial charge >= 0.3 is 0 Å². The van der Waals surface area contributed by atoms with Crippen molar-refractivity contribution < 1.29 is 18.9 Å². The van der Waals surface area contributed by atoms with Crippen molar-refractivity contribution in [1.82, 2.24) is 20.6 Å². The van der Waals surface area contributed by atoms with E-state index < -0.39 is 0 Å². The average Bonchev–Trinajstić information content (AvgIpc) is 3.31. The van der Waals surface area contributed by atoms with Crippen LogP contribution < -0.4 is 29.6 Å². The van der Waals surface area contributed by atoms with Gasteiger partial charge in [0.15, 0.2) is 0 Å². The minimum Gasteiger partial charge on any atom is -0.488 e. The molecule has 66 heavy (non-hydrogen) atoms. The number of rotatable bonds is 24. The van der Waals surface area contributed by atoms with E-state index in [1.807, 2.05) is 36.4 Å². The highest BCUT2D eigenvalue weighted by molar-refractivity contribution is 6.32. The maximum atomic E-state index is 9.38. The number of nitrogens with zero attached hydrogens (tertiary/aromatic N) is 3. The van der Waals surface area contributed by atoms with Gasteiger partial charge in [0.25, 0.3) is 0 Å². The Bertz CT molecular complexity index is 2630. The summed E-state index contributed by atoms with van der Waals surface area (Å²) in [6.45, 7) is 17.1. The Kier molecular flexibility index (Phi) is 18.4. The van der Waals surface area contributed by atoms with E-state index in [4.69, 9.17) is 47.6 Å². The number of hydrogen-bond donors (Lipinski definition) is 3. The highest BCUT2D eigenvalue weighted by Gasteiger charge is 2.17. The summed E-state index contributed by atoms with van der Waals surface area (Å²) < 4.78 is 25.6. The van der Waals surface area contributed by atoms with E-state index in [-0.39, 0.29) is 19.8 Å². The van der Waals surface area contributed by atoms with Crippen LogP contribution in [-0.2, 0) is 39.5 Å². The average molecular weight is 928 g/mol. The molecule has 0 aliphatic carbocycles. The van der Waals surface area contributed by atoms with Gasteiger partial charge in [-0.2, -0.15) is 5.26 Å². The summed E-state index contributed by atoms with van der Waals surface area (Å²) in [6, 6.07) is 25.8. The maximum Gasteiger partial charge on any atom is 0.142 e. The molecule has 0 saturated carbocycles. The van der Waals surface area contributed by atoms with Crippen molar-refractivity contribution in [2.45, 2.75) is 93.9 Å². The molecule has 2 heterocycles. The first-order chi connectivity index (χ1) is 31.9. The standard InChI is InChI=1S/C54H60Cl2N6O4/c1-35(2)13-15-59-29-45-19-49(55)53(21-51(45)63-31-41-17-39(23-57)25-61-27-41)65-33-43-9-7-11-47(37(43)5)48-12-8-10-44(38(48)6)34-66-54-22-52(64-32-42-18-40(24-58)26-62-28-42)46(20-50(54)56)30-60-16-14-36(3)4/h7-12,17-23,25-28,35-36,57,59-60H,13-16,29-34H2,1-6H3. The Morgan fingerprint density at radius 3 is 1.55 bits per heavy atom. The Hall–Kier alpha value is -5.96. The molecule has 3 N–H and O–H groups in total. The number of halogens is 2. The van der Waals surface area contributed by atoms with E-state index in [1.165, 1.54) is 12.4 Å². The molecule has 0 amide bonds. The number of pyridine rings is 2. The first kappa shape index (κ1) is 49.5. The van der Waals surface area contributed by atoms with Crippen LogP contribution in [0.25, 0.3) is 11.1 Å². The molecule has 0 aliphatic rings. The molecule has 10 nitrogen and oxygen atoms in total. The maximum absolute atomic E-state index is 9.38. The van der Waals surface area contributed by atoms with Crippen LogP contribution in [0.5, 0.6) is 23.0 Å². The van der Waals surface area contributed by atoms with E-state index in [1.54, 1.807) is 24.7 Å². The molecule has 6 aromatic rings. The zero-order valence-electron chi connectivity index (χ0n) is 38.8. The normalized spacial score (nSPS) is 11.2. The van der Waals surface area contributed by atoms with Crippen molar-refractivity contribution in [2.24, 2.45) is 11.8 Å². The van der Waals surface area contributed by atoms with Crippen LogP contribution in [0.2, 0.25) is 10.0 Å². The summed E-state index contributed by atoms with van der Waals surface area (Å²) in [4.78, 5) is 8.44. The van der Waals surface area contributed by atoms with Crippen LogP contribution in [-0.4, -0.2) is 29.3 Å². The van der Waals surface area contributed by atoms with Gasteiger partial charge in [-0.3, -0.25) is 9.97 Å². The highest BCUT2D eigenvalue weighted by Crippen LogP contribution is 2.37. The summed E-state index contributed by atoms with van der Waals surface area (Å²) in [5.41, 5.74) is 11.1. The Morgan fingerprint density at radius 1 is 0.606 bits per heavy atom.